The minimum absolute atomic E-state index is 0. The van der Waals surface area contributed by atoms with E-state index in [4.69, 9.17) is 9.47 Å². The Balaban J connectivity index is 0.00000312. The topological polar surface area (TPSA) is 41.9 Å². The van der Waals surface area contributed by atoms with Crippen LogP contribution < -0.4 is 9.47 Å². The number of likely N-dealkylation sites (tertiary alicyclic amines) is 1. The van der Waals surface area contributed by atoms with E-state index < -0.39 is 6.10 Å². The van der Waals surface area contributed by atoms with E-state index in [0.29, 0.717) is 31.4 Å². The molecule has 1 aliphatic heterocycles. The average molecular weight is 370 g/mol. The van der Waals surface area contributed by atoms with Gasteiger partial charge in [-0.15, -0.1) is 19.0 Å². The van der Waals surface area contributed by atoms with Gasteiger partial charge in [0.2, 0.25) is 0 Å². The fraction of sp³-hybridized carbons (Fsp3) is 0.600. The first kappa shape index (κ1) is 21.8. The predicted octanol–water partition coefficient (Wildman–Crippen LogP) is 3.56. The van der Waals surface area contributed by atoms with Crippen molar-refractivity contribution in [3.63, 3.8) is 0 Å². The smallest absolute Gasteiger partial charge is 0.123 e. The quantitative estimate of drug-likeness (QED) is 0.711. The van der Waals surface area contributed by atoms with Crippen molar-refractivity contribution in [3.05, 3.63) is 36.4 Å². The Kier molecular flexibility index (Phi) is 9.33. The molecule has 0 aliphatic carbocycles. The standard InChI is InChI=1S/C20H31NO3.ClH/c1-5-6-17-10-19(23-4)7-8-20(17)24-14-18(22)13-21-11-15(2)9-16(3)12-21;/h5,7-8,10,15-16,18,22H,1,6,9,11-14H2,2-4H3;1H. The highest BCUT2D eigenvalue weighted by Gasteiger charge is 2.23. The lowest BCUT2D eigenvalue weighted by Gasteiger charge is -2.35. The molecule has 142 valence electrons. The van der Waals surface area contributed by atoms with Crippen molar-refractivity contribution in [2.24, 2.45) is 11.8 Å². The lowest BCUT2D eigenvalue weighted by atomic mass is 9.92. The second-order valence-corrected chi connectivity index (χ2v) is 7.10. The van der Waals surface area contributed by atoms with Gasteiger partial charge in [-0.2, -0.15) is 0 Å². The molecule has 0 aromatic heterocycles. The molecule has 0 amide bonds. The Bertz CT molecular complexity index is 528. The number of aliphatic hydroxyl groups excluding tert-OH is 1. The summed E-state index contributed by atoms with van der Waals surface area (Å²) < 4.78 is 11.1. The van der Waals surface area contributed by atoms with Gasteiger partial charge in [-0.3, -0.25) is 0 Å². The Morgan fingerprint density at radius 1 is 1.32 bits per heavy atom. The Hall–Kier alpha value is -1.23. The van der Waals surface area contributed by atoms with Gasteiger partial charge in [-0.25, -0.2) is 0 Å². The van der Waals surface area contributed by atoms with Crippen molar-refractivity contribution in [1.29, 1.82) is 0 Å². The van der Waals surface area contributed by atoms with Crippen LogP contribution in [0.5, 0.6) is 11.5 Å². The third-order valence-electron chi connectivity index (χ3n) is 4.48. The number of halogens is 1. The summed E-state index contributed by atoms with van der Waals surface area (Å²) >= 11 is 0. The first-order valence-electron chi connectivity index (χ1n) is 8.82. The number of methoxy groups -OCH3 is 1. The number of benzene rings is 1. The number of hydrogen-bond donors (Lipinski definition) is 1. The molecule has 1 aromatic carbocycles. The summed E-state index contributed by atoms with van der Waals surface area (Å²) in [7, 11) is 1.65. The van der Waals surface area contributed by atoms with Crippen molar-refractivity contribution in [3.8, 4) is 11.5 Å². The van der Waals surface area contributed by atoms with Crippen molar-refractivity contribution < 1.29 is 14.6 Å². The average Bonchev–Trinajstić information content (AvgIpc) is 2.53. The summed E-state index contributed by atoms with van der Waals surface area (Å²) in [6.07, 6.45) is 3.35. The van der Waals surface area contributed by atoms with Crippen LogP contribution in [-0.2, 0) is 6.42 Å². The molecule has 25 heavy (non-hydrogen) atoms. The maximum atomic E-state index is 10.3. The van der Waals surface area contributed by atoms with E-state index in [0.717, 1.165) is 30.2 Å². The van der Waals surface area contributed by atoms with Gasteiger partial charge in [0, 0.05) is 25.2 Å². The van der Waals surface area contributed by atoms with E-state index >= 15 is 0 Å². The molecule has 5 heteroatoms. The molecule has 1 saturated heterocycles. The van der Waals surface area contributed by atoms with E-state index in [-0.39, 0.29) is 12.4 Å². The first-order valence-corrected chi connectivity index (χ1v) is 8.82. The molecular formula is C20H32ClNO3. The molecule has 4 nitrogen and oxygen atoms in total. The van der Waals surface area contributed by atoms with Crippen molar-refractivity contribution in [2.45, 2.75) is 32.8 Å². The van der Waals surface area contributed by atoms with Crippen LogP contribution in [-0.4, -0.2) is 49.5 Å². The van der Waals surface area contributed by atoms with Gasteiger partial charge in [0.05, 0.1) is 7.11 Å². The molecule has 1 aliphatic rings. The fourth-order valence-electron chi connectivity index (χ4n) is 3.62. The van der Waals surface area contributed by atoms with Gasteiger partial charge in [0.1, 0.15) is 24.2 Å². The lowest BCUT2D eigenvalue weighted by molar-refractivity contribution is 0.0427. The second-order valence-electron chi connectivity index (χ2n) is 7.10. The predicted molar refractivity (Wildman–Crippen MR) is 105 cm³/mol. The molecule has 3 atom stereocenters. The third-order valence-corrected chi connectivity index (χ3v) is 4.48. The summed E-state index contributed by atoms with van der Waals surface area (Å²) in [4.78, 5) is 2.35. The van der Waals surface area contributed by atoms with E-state index in [1.165, 1.54) is 6.42 Å². The molecule has 1 aromatic rings. The largest absolute Gasteiger partial charge is 0.497 e. The van der Waals surface area contributed by atoms with Crippen molar-refractivity contribution in [1.82, 2.24) is 4.90 Å². The van der Waals surface area contributed by atoms with E-state index in [1.807, 2.05) is 24.3 Å². The summed E-state index contributed by atoms with van der Waals surface area (Å²) in [5.74, 6) is 2.98. The first-order chi connectivity index (χ1) is 11.5. The zero-order chi connectivity index (χ0) is 17.5. The molecular weight excluding hydrogens is 338 g/mol. The lowest BCUT2D eigenvalue weighted by Crippen LogP contribution is -2.44. The van der Waals surface area contributed by atoms with Gasteiger partial charge in [0.15, 0.2) is 0 Å². The highest BCUT2D eigenvalue weighted by atomic mass is 35.5. The van der Waals surface area contributed by atoms with Gasteiger partial charge < -0.3 is 19.5 Å². The summed E-state index contributed by atoms with van der Waals surface area (Å²) in [6, 6.07) is 5.73. The Morgan fingerprint density at radius 2 is 2.00 bits per heavy atom. The number of β-amino-alcohol motifs (C(OH)–C–C–N with tert-alkyl or cyclic N) is 1. The highest BCUT2D eigenvalue weighted by Crippen LogP contribution is 2.25. The van der Waals surface area contributed by atoms with Crippen LogP contribution in [0.1, 0.15) is 25.8 Å². The fourth-order valence-corrected chi connectivity index (χ4v) is 3.62. The number of rotatable bonds is 8. The molecule has 1 heterocycles. The third kappa shape index (κ3) is 6.89. The van der Waals surface area contributed by atoms with Crippen LogP contribution in [0.15, 0.2) is 30.9 Å². The molecule has 0 radical (unpaired) electrons. The molecule has 1 fully saturated rings. The van der Waals surface area contributed by atoms with Crippen LogP contribution in [0.25, 0.3) is 0 Å². The molecule has 2 rings (SSSR count). The molecule has 0 bridgehead atoms. The molecule has 0 saturated carbocycles. The van der Waals surface area contributed by atoms with Crippen LogP contribution >= 0.6 is 12.4 Å². The van der Waals surface area contributed by atoms with Crippen LogP contribution in [0, 0.1) is 11.8 Å². The normalized spacial score (nSPS) is 21.9. The minimum atomic E-state index is -0.485. The zero-order valence-electron chi connectivity index (χ0n) is 15.6. The van der Waals surface area contributed by atoms with Crippen LogP contribution in [0.2, 0.25) is 0 Å². The van der Waals surface area contributed by atoms with Gasteiger partial charge in [-0.05, 0) is 42.9 Å². The summed E-state index contributed by atoms with van der Waals surface area (Å²) in [5, 5.41) is 10.3. The molecule has 1 N–H and O–H groups in total. The SMILES string of the molecule is C=CCc1cc(OC)ccc1OCC(O)CN1CC(C)CC(C)C1.Cl. The Labute approximate surface area is 158 Å². The van der Waals surface area contributed by atoms with E-state index in [2.05, 4.69) is 25.3 Å². The van der Waals surface area contributed by atoms with Gasteiger partial charge in [0.25, 0.3) is 0 Å². The number of ether oxygens (including phenoxy) is 2. The molecule has 0 spiro atoms. The minimum Gasteiger partial charge on any atom is -0.497 e. The summed E-state index contributed by atoms with van der Waals surface area (Å²) in [5.41, 5.74) is 1.02. The second kappa shape index (κ2) is 10.7. The van der Waals surface area contributed by atoms with Gasteiger partial charge >= 0.3 is 0 Å². The maximum Gasteiger partial charge on any atom is 0.123 e. The van der Waals surface area contributed by atoms with Crippen LogP contribution in [0.4, 0.5) is 0 Å². The van der Waals surface area contributed by atoms with Crippen molar-refractivity contribution in [2.75, 3.05) is 33.4 Å². The Morgan fingerprint density at radius 3 is 2.60 bits per heavy atom. The number of hydrogen-bond acceptors (Lipinski definition) is 4. The monoisotopic (exact) mass is 369 g/mol. The number of aliphatic hydroxyl groups is 1. The van der Waals surface area contributed by atoms with E-state index in [9.17, 15) is 5.11 Å². The maximum absolute atomic E-state index is 10.3. The number of nitrogens with zero attached hydrogens (tertiary/aromatic N) is 1. The number of piperidine rings is 1. The highest BCUT2D eigenvalue weighted by molar-refractivity contribution is 5.85. The van der Waals surface area contributed by atoms with Crippen LogP contribution in [0.3, 0.4) is 0 Å². The number of allylic oxidation sites excluding steroid dienone is 1. The van der Waals surface area contributed by atoms with Gasteiger partial charge in [-0.1, -0.05) is 19.9 Å². The zero-order valence-corrected chi connectivity index (χ0v) is 16.4. The van der Waals surface area contributed by atoms with E-state index in [1.54, 1.807) is 7.11 Å². The van der Waals surface area contributed by atoms with Crippen molar-refractivity contribution >= 4 is 12.4 Å². The summed E-state index contributed by atoms with van der Waals surface area (Å²) in [6.45, 7) is 11.4. The molecule has 3 unspecified atom stereocenters.